The lowest BCUT2D eigenvalue weighted by Gasteiger charge is -2.15. The molecule has 5 rings (SSSR count). The van der Waals surface area contributed by atoms with Crippen LogP contribution in [0.4, 0.5) is 5.69 Å². The fraction of sp³-hybridized carbons (Fsp3) is 0.120. The minimum atomic E-state index is -0.182. The van der Waals surface area contributed by atoms with Crippen molar-refractivity contribution in [3.05, 3.63) is 89.3 Å². The van der Waals surface area contributed by atoms with E-state index in [1.165, 1.54) is 0 Å². The van der Waals surface area contributed by atoms with E-state index < -0.39 is 0 Å². The molecule has 0 atom stereocenters. The number of aromatic nitrogens is 4. The smallest absolute Gasteiger partial charge is 0.244 e. The number of hydrogen-bond acceptors (Lipinski definition) is 4. The zero-order chi connectivity index (χ0) is 22.1. The lowest BCUT2D eigenvalue weighted by atomic mass is 10.1. The Morgan fingerprint density at radius 3 is 2.31 bits per heavy atom. The number of pyridine rings is 1. The molecule has 158 valence electrons. The van der Waals surface area contributed by atoms with Gasteiger partial charge in [0.25, 0.3) is 0 Å². The number of amides is 1. The molecule has 0 bridgehead atoms. The number of nitrogens with zero attached hydrogens (tertiary/aromatic N) is 4. The largest absolute Gasteiger partial charge is 0.331 e. The summed E-state index contributed by atoms with van der Waals surface area (Å²) >= 11 is 0. The number of fused-ring (bicyclic) bond motifs is 2. The first kappa shape index (κ1) is 19.7. The third-order valence-electron chi connectivity index (χ3n) is 5.54. The van der Waals surface area contributed by atoms with E-state index in [4.69, 9.17) is 0 Å². The number of benzene rings is 3. The van der Waals surface area contributed by atoms with Crippen LogP contribution in [0.15, 0.2) is 83.9 Å². The SMILES string of the molecule is CCn1cnnc1-c1cccc(NC(=O)Cn2c3ccccc3c(=O)c3ccccc32)c1. The van der Waals surface area contributed by atoms with Gasteiger partial charge in [-0.3, -0.25) is 9.59 Å². The van der Waals surface area contributed by atoms with Crippen molar-refractivity contribution < 1.29 is 4.79 Å². The van der Waals surface area contributed by atoms with Gasteiger partial charge in [0, 0.05) is 28.6 Å². The molecule has 5 aromatic rings. The third kappa shape index (κ3) is 3.43. The number of rotatable bonds is 5. The Morgan fingerprint density at radius 1 is 0.938 bits per heavy atom. The standard InChI is InChI=1S/C25H21N5O2/c1-2-29-16-26-28-25(29)17-8-7-9-18(14-17)27-23(31)15-30-21-12-5-3-10-19(21)24(32)20-11-4-6-13-22(20)30/h3-14,16H,2,15H2,1H3,(H,27,31). The topological polar surface area (TPSA) is 81.8 Å². The molecule has 2 heterocycles. The van der Waals surface area contributed by atoms with Crippen molar-refractivity contribution in [2.45, 2.75) is 20.0 Å². The number of carbonyl (C=O) groups is 1. The molecular formula is C25H21N5O2. The summed E-state index contributed by atoms with van der Waals surface area (Å²) < 4.78 is 3.83. The monoisotopic (exact) mass is 423 g/mol. The first-order valence-corrected chi connectivity index (χ1v) is 10.4. The molecule has 0 aliphatic rings. The summed E-state index contributed by atoms with van der Waals surface area (Å²) in [6.45, 7) is 2.86. The number of aryl methyl sites for hydroxylation is 1. The second-order valence-electron chi connectivity index (χ2n) is 7.52. The van der Waals surface area contributed by atoms with Crippen LogP contribution >= 0.6 is 0 Å². The van der Waals surface area contributed by atoms with E-state index in [1.54, 1.807) is 18.5 Å². The van der Waals surface area contributed by atoms with E-state index in [1.807, 2.05) is 76.7 Å². The number of nitrogens with one attached hydrogen (secondary N) is 1. The van der Waals surface area contributed by atoms with Crippen molar-refractivity contribution in [1.29, 1.82) is 0 Å². The van der Waals surface area contributed by atoms with Gasteiger partial charge in [0.1, 0.15) is 12.9 Å². The highest BCUT2D eigenvalue weighted by atomic mass is 16.2. The first-order chi connectivity index (χ1) is 15.7. The second kappa shape index (κ2) is 8.11. The molecule has 3 aromatic carbocycles. The van der Waals surface area contributed by atoms with Gasteiger partial charge in [0.15, 0.2) is 11.3 Å². The van der Waals surface area contributed by atoms with Crippen LogP contribution in [-0.2, 0) is 17.9 Å². The van der Waals surface area contributed by atoms with Gasteiger partial charge < -0.3 is 14.5 Å². The average molecular weight is 423 g/mol. The van der Waals surface area contributed by atoms with Crippen LogP contribution in [0.1, 0.15) is 6.92 Å². The molecule has 0 saturated heterocycles. The second-order valence-corrected chi connectivity index (χ2v) is 7.52. The minimum Gasteiger partial charge on any atom is -0.331 e. The van der Waals surface area contributed by atoms with Crippen LogP contribution in [0, 0.1) is 0 Å². The van der Waals surface area contributed by atoms with Crippen molar-refractivity contribution in [3.63, 3.8) is 0 Å². The molecule has 1 N–H and O–H groups in total. The van der Waals surface area contributed by atoms with Crippen molar-refractivity contribution in [1.82, 2.24) is 19.3 Å². The van der Waals surface area contributed by atoms with Crippen LogP contribution in [-0.4, -0.2) is 25.2 Å². The van der Waals surface area contributed by atoms with Gasteiger partial charge in [-0.2, -0.15) is 0 Å². The summed E-state index contributed by atoms with van der Waals surface area (Å²) in [5.41, 5.74) is 2.99. The summed E-state index contributed by atoms with van der Waals surface area (Å²) in [4.78, 5) is 25.9. The van der Waals surface area contributed by atoms with Crippen LogP contribution in [0.5, 0.6) is 0 Å². The molecule has 0 aliphatic heterocycles. The van der Waals surface area contributed by atoms with Gasteiger partial charge in [0.05, 0.1) is 11.0 Å². The highest BCUT2D eigenvalue weighted by Gasteiger charge is 2.14. The Kier molecular flexibility index (Phi) is 4.99. The molecule has 2 aromatic heterocycles. The van der Waals surface area contributed by atoms with Crippen molar-refractivity contribution in [2.24, 2.45) is 0 Å². The van der Waals surface area contributed by atoms with E-state index in [2.05, 4.69) is 15.5 Å². The highest BCUT2D eigenvalue weighted by molar-refractivity contribution is 5.97. The molecule has 0 aliphatic carbocycles. The van der Waals surface area contributed by atoms with Crippen LogP contribution < -0.4 is 10.7 Å². The molecule has 7 nitrogen and oxygen atoms in total. The predicted molar refractivity (Wildman–Crippen MR) is 125 cm³/mol. The van der Waals surface area contributed by atoms with Crippen LogP contribution in [0.2, 0.25) is 0 Å². The Bertz CT molecular complexity index is 1460. The van der Waals surface area contributed by atoms with E-state index in [0.29, 0.717) is 16.5 Å². The maximum Gasteiger partial charge on any atom is 0.244 e. The fourth-order valence-corrected chi connectivity index (χ4v) is 4.04. The number of anilines is 1. The molecule has 0 fully saturated rings. The van der Waals surface area contributed by atoms with E-state index in [-0.39, 0.29) is 17.9 Å². The zero-order valence-electron chi connectivity index (χ0n) is 17.5. The summed E-state index contributed by atoms with van der Waals surface area (Å²) in [7, 11) is 0. The lowest BCUT2D eigenvalue weighted by molar-refractivity contribution is -0.116. The molecular weight excluding hydrogens is 402 g/mol. The van der Waals surface area contributed by atoms with Crippen molar-refractivity contribution in [2.75, 3.05) is 5.32 Å². The molecule has 32 heavy (non-hydrogen) atoms. The molecule has 0 saturated carbocycles. The van der Waals surface area contributed by atoms with Gasteiger partial charge >= 0.3 is 0 Å². The van der Waals surface area contributed by atoms with E-state index >= 15 is 0 Å². The maximum atomic E-state index is 13.0. The fourth-order valence-electron chi connectivity index (χ4n) is 4.04. The van der Waals surface area contributed by atoms with E-state index in [0.717, 1.165) is 29.0 Å². The molecule has 0 unspecified atom stereocenters. The summed E-state index contributed by atoms with van der Waals surface area (Å²) in [6, 6.07) is 22.3. The van der Waals surface area contributed by atoms with Gasteiger partial charge in [-0.25, -0.2) is 0 Å². The molecule has 0 radical (unpaired) electrons. The molecule has 1 amide bonds. The number of carbonyl (C=O) groups excluding carboxylic acids is 1. The number of hydrogen-bond donors (Lipinski definition) is 1. The Morgan fingerprint density at radius 2 is 1.62 bits per heavy atom. The Labute approximate surface area is 183 Å². The zero-order valence-corrected chi connectivity index (χ0v) is 17.5. The van der Waals surface area contributed by atoms with Crippen LogP contribution in [0.3, 0.4) is 0 Å². The van der Waals surface area contributed by atoms with Gasteiger partial charge in [-0.1, -0.05) is 36.4 Å². The molecule has 0 spiro atoms. The van der Waals surface area contributed by atoms with E-state index in [9.17, 15) is 9.59 Å². The first-order valence-electron chi connectivity index (χ1n) is 10.4. The van der Waals surface area contributed by atoms with Gasteiger partial charge in [-0.05, 0) is 43.3 Å². The Balaban J connectivity index is 1.49. The van der Waals surface area contributed by atoms with Crippen molar-refractivity contribution >= 4 is 33.4 Å². The van der Waals surface area contributed by atoms with Gasteiger partial charge in [0.2, 0.25) is 5.91 Å². The quantitative estimate of drug-likeness (QED) is 0.432. The molecule has 7 heteroatoms. The summed E-state index contributed by atoms with van der Waals surface area (Å²) in [5.74, 6) is 0.569. The predicted octanol–water partition coefficient (Wildman–Crippen LogP) is 4.07. The minimum absolute atomic E-state index is 0.0272. The Hall–Kier alpha value is -4.26. The number of para-hydroxylation sites is 2. The van der Waals surface area contributed by atoms with Crippen molar-refractivity contribution in [3.8, 4) is 11.4 Å². The van der Waals surface area contributed by atoms with Gasteiger partial charge in [-0.15, -0.1) is 10.2 Å². The maximum absolute atomic E-state index is 13.0. The third-order valence-corrected chi connectivity index (χ3v) is 5.54. The highest BCUT2D eigenvalue weighted by Crippen LogP contribution is 2.22. The normalized spacial score (nSPS) is 11.2. The summed E-state index contributed by atoms with van der Waals surface area (Å²) in [6.07, 6.45) is 1.69. The lowest BCUT2D eigenvalue weighted by Crippen LogP contribution is -2.21. The average Bonchev–Trinajstić information content (AvgIpc) is 3.31. The summed E-state index contributed by atoms with van der Waals surface area (Å²) in [5, 5.41) is 12.3. The van der Waals surface area contributed by atoms with Crippen LogP contribution in [0.25, 0.3) is 33.2 Å².